The number of aryl methyl sites for hydroxylation is 1. The number of carbonyl (C=O) groups excluding carboxylic acids is 2. The Morgan fingerprint density at radius 3 is 2.56 bits per heavy atom. The highest BCUT2D eigenvalue weighted by Gasteiger charge is 2.13. The molecular weight excluding hydrogens is 342 g/mol. The van der Waals surface area contributed by atoms with Crippen LogP contribution in [-0.2, 0) is 16.0 Å². The first-order valence-electron chi connectivity index (χ1n) is 7.65. The van der Waals surface area contributed by atoms with E-state index in [1.807, 2.05) is 0 Å². The third-order valence-corrected chi connectivity index (χ3v) is 4.20. The Balaban J connectivity index is 1.97. The Labute approximate surface area is 149 Å². The summed E-state index contributed by atoms with van der Waals surface area (Å²) in [5.74, 6) is -1.55. The molecule has 2 amide bonds. The number of nitrogens with zero attached hydrogens (tertiary/aromatic N) is 1. The Bertz CT molecular complexity index is 814. The van der Waals surface area contributed by atoms with Crippen molar-refractivity contribution in [2.45, 2.75) is 27.2 Å². The molecule has 0 radical (unpaired) electrons. The number of hydrogen-bond acceptors (Lipinski definition) is 5. The first-order chi connectivity index (χ1) is 11.8. The first kappa shape index (κ1) is 18.6. The molecule has 7 nitrogen and oxygen atoms in total. The minimum Gasteiger partial charge on any atom is -0.478 e. The lowest BCUT2D eigenvalue weighted by Gasteiger charge is -2.07. The summed E-state index contributed by atoms with van der Waals surface area (Å²) >= 11 is 1.26. The van der Waals surface area contributed by atoms with Crippen LogP contribution in [0.5, 0.6) is 0 Å². The summed E-state index contributed by atoms with van der Waals surface area (Å²) < 4.78 is 0. The topological polar surface area (TPSA) is 108 Å². The van der Waals surface area contributed by atoms with Crippen molar-refractivity contribution in [3.8, 4) is 0 Å². The van der Waals surface area contributed by atoms with Crippen molar-refractivity contribution in [1.29, 1.82) is 0 Å². The zero-order valence-electron chi connectivity index (χ0n) is 14.1. The fourth-order valence-electron chi connectivity index (χ4n) is 2.05. The zero-order valence-corrected chi connectivity index (χ0v) is 14.9. The highest BCUT2D eigenvalue weighted by Crippen LogP contribution is 2.18. The number of aromatic nitrogens is 1. The third-order valence-electron chi connectivity index (χ3n) is 3.39. The summed E-state index contributed by atoms with van der Waals surface area (Å²) in [4.78, 5) is 38.9. The molecule has 0 saturated heterocycles. The Hall–Kier alpha value is -2.74. The maximum atomic E-state index is 12.1. The summed E-state index contributed by atoms with van der Waals surface area (Å²) in [6.45, 7) is 5.24. The van der Waals surface area contributed by atoms with Gasteiger partial charge in [0, 0.05) is 17.0 Å². The predicted octanol–water partition coefficient (Wildman–Crippen LogP) is 2.93. The Kier molecular flexibility index (Phi) is 5.87. The molecule has 2 rings (SSSR count). The zero-order chi connectivity index (χ0) is 18.6. The smallest absolute Gasteiger partial charge is 0.335 e. The standard InChI is InChI=1S/C17H19N3O4S/c1-9(2)15(22)20-17-19-12(8-25-17)7-14(21)18-11-4-5-13(16(23)24)10(3)6-11/h4-6,8-9H,7H2,1-3H3,(H,18,21)(H,23,24)(H,19,20,22). The Morgan fingerprint density at radius 1 is 1.24 bits per heavy atom. The molecule has 25 heavy (non-hydrogen) atoms. The number of carboxylic acids is 1. The lowest BCUT2D eigenvalue weighted by molar-refractivity contribution is -0.119. The van der Waals surface area contributed by atoms with Gasteiger partial charge in [-0.3, -0.25) is 9.59 Å². The van der Waals surface area contributed by atoms with Crippen LogP contribution in [0.2, 0.25) is 0 Å². The number of thiazole rings is 1. The van der Waals surface area contributed by atoms with Gasteiger partial charge >= 0.3 is 5.97 Å². The fourth-order valence-corrected chi connectivity index (χ4v) is 2.76. The van der Waals surface area contributed by atoms with E-state index in [2.05, 4.69) is 15.6 Å². The van der Waals surface area contributed by atoms with Gasteiger partial charge < -0.3 is 15.7 Å². The van der Waals surface area contributed by atoms with E-state index in [0.717, 1.165) is 0 Å². The molecule has 0 aliphatic heterocycles. The summed E-state index contributed by atoms with van der Waals surface area (Å²) in [7, 11) is 0. The monoisotopic (exact) mass is 361 g/mol. The second-order valence-corrected chi connectivity index (χ2v) is 6.71. The lowest BCUT2D eigenvalue weighted by Crippen LogP contribution is -2.18. The molecule has 0 aliphatic rings. The molecule has 132 valence electrons. The maximum absolute atomic E-state index is 12.1. The molecule has 0 atom stereocenters. The van der Waals surface area contributed by atoms with Gasteiger partial charge in [-0.1, -0.05) is 13.8 Å². The van der Waals surface area contributed by atoms with Crippen LogP contribution in [0, 0.1) is 12.8 Å². The molecule has 0 unspecified atom stereocenters. The lowest BCUT2D eigenvalue weighted by atomic mass is 10.1. The second-order valence-electron chi connectivity index (χ2n) is 5.85. The molecule has 0 fully saturated rings. The van der Waals surface area contributed by atoms with E-state index in [0.29, 0.717) is 22.1 Å². The van der Waals surface area contributed by atoms with E-state index >= 15 is 0 Å². The molecule has 1 heterocycles. The quantitative estimate of drug-likeness (QED) is 0.733. The van der Waals surface area contributed by atoms with Crippen LogP contribution < -0.4 is 10.6 Å². The van der Waals surface area contributed by atoms with Crippen molar-refractivity contribution in [2.75, 3.05) is 10.6 Å². The van der Waals surface area contributed by atoms with Crippen molar-refractivity contribution >= 4 is 39.9 Å². The largest absolute Gasteiger partial charge is 0.478 e. The number of benzene rings is 1. The SMILES string of the molecule is Cc1cc(NC(=O)Cc2csc(NC(=O)C(C)C)n2)ccc1C(=O)O. The minimum atomic E-state index is -1.01. The van der Waals surface area contributed by atoms with Gasteiger partial charge in [0.25, 0.3) is 0 Å². The van der Waals surface area contributed by atoms with Crippen LogP contribution in [0.4, 0.5) is 10.8 Å². The van der Waals surface area contributed by atoms with Crippen LogP contribution in [0.3, 0.4) is 0 Å². The van der Waals surface area contributed by atoms with Gasteiger partial charge in [0.15, 0.2) is 5.13 Å². The second kappa shape index (κ2) is 7.89. The number of hydrogen-bond donors (Lipinski definition) is 3. The van der Waals surface area contributed by atoms with E-state index in [1.165, 1.54) is 17.4 Å². The summed E-state index contributed by atoms with van der Waals surface area (Å²) in [6, 6.07) is 4.61. The van der Waals surface area contributed by atoms with Gasteiger partial charge in [-0.05, 0) is 30.7 Å². The Morgan fingerprint density at radius 2 is 1.96 bits per heavy atom. The van der Waals surface area contributed by atoms with Gasteiger partial charge in [-0.2, -0.15) is 0 Å². The van der Waals surface area contributed by atoms with Crippen molar-refractivity contribution in [3.05, 3.63) is 40.4 Å². The van der Waals surface area contributed by atoms with E-state index in [1.54, 1.807) is 38.3 Å². The molecule has 0 aliphatic carbocycles. The van der Waals surface area contributed by atoms with Crippen molar-refractivity contribution in [3.63, 3.8) is 0 Å². The molecular formula is C17H19N3O4S. The first-order valence-corrected chi connectivity index (χ1v) is 8.53. The molecule has 0 saturated carbocycles. The molecule has 0 bridgehead atoms. The van der Waals surface area contributed by atoms with E-state index < -0.39 is 5.97 Å². The van der Waals surface area contributed by atoms with Crippen molar-refractivity contribution < 1.29 is 19.5 Å². The predicted molar refractivity (Wildman–Crippen MR) is 96.1 cm³/mol. The molecule has 0 spiro atoms. The van der Waals surface area contributed by atoms with E-state index in [9.17, 15) is 14.4 Å². The average Bonchev–Trinajstić information content (AvgIpc) is 2.93. The number of anilines is 2. The number of carbonyl (C=O) groups is 3. The summed E-state index contributed by atoms with van der Waals surface area (Å²) in [5, 5.41) is 16.6. The van der Waals surface area contributed by atoms with Crippen molar-refractivity contribution in [2.24, 2.45) is 5.92 Å². The minimum absolute atomic E-state index is 0.0633. The maximum Gasteiger partial charge on any atom is 0.335 e. The van der Waals surface area contributed by atoms with Gasteiger partial charge in [0.05, 0.1) is 17.7 Å². The van der Waals surface area contributed by atoms with Gasteiger partial charge in [-0.15, -0.1) is 11.3 Å². The molecule has 1 aromatic carbocycles. The van der Waals surface area contributed by atoms with Crippen LogP contribution in [0.1, 0.15) is 35.5 Å². The van der Waals surface area contributed by atoms with E-state index in [-0.39, 0.29) is 29.7 Å². The number of carboxylic acid groups (broad SMARTS) is 1. The number of aromatic carboxylic acids is 1. The van der Waals surface area contributed by atoms with Crippen LogP contribution in [0.25, 0.3) is 0 Å². The van der Waals surface area contributed by atoms with Crippen LogP contribution >= 0.6 is 11.3 Å². The average molecular weight is 361 g/mol. The third kappa shape index (κ3) is 5.12. The van der Waals surface area contributed by atoms with E-state index in [4.69, 9.17) is 5.11 Å². The van der Waals surface area contributed by atoms with Gasteiger partial charge in [-0.25, -0.2) is 9.78 Å². The number of nitrogens with one attached hydrogen (secondary N) is 2. The van der Waals surface area contributed by atoms with Gasteiger partial charge in [0.2, 0.25) is 11.8 Å². The molecule has 1 aromatic heterocycles. The molecule has 8 heteroatoms. The molecule has 2 aromatic rings. The fraction of sp³-hybridized carbons (Fsp3) is 0.294. The van der Waals surface area contributed by atoms with Crippen LogP contribution in [0.15, 0.2) is 23.6 Å². The normalized spacial score (nSPS) is 10.6. The highest BCUT2D eigenvalue weighted by molar-refractivity contribution is 7.13. The number of rotatable bonds is 6. The molecule has 3 N–H and O–H groups in total. The van der Waals surface area contributed by atoms with Crippen molar-refractivity contribution in [1.82, 2.24) is 4.98 Å². The summed E-state index contributed by atoms with van der Waals surface area (Å²) in [6.07, 6.45) is 0.0633. The summed E-state index contributed by atoms with van der Waals surface area (Å²) in [5.41, 5.74) is 1.84. The highest BCUT2D eigenvalue weighted by atomic mass is 32.1. The number of amides is 2. The van der Waals surface area contributed by atoms with Gasteiger partial charge in [0.1, 0.15) is 0 Å². The van der Waals surface area contributed by atoms with Crippen LogP contribution in [-0.4, -0.2) is 27.9 Å².